The summed E-state index contributed by atoms with van der Waals surface area (Å²) in [5, 5.41) is 2.37. The molecule has 0 saturated carbocycles. The lowest BCUT2D eigenvalue weighted by Gasteiger charge is -2.16. The first-order valence-electron chi connectivity index (χ1n) is 5.93. The van der Waals surface area contributed by atoms with Crippen LogP contribution in [0.15, 0.2) is 34.9 Å². The molecule has 1 atom stereocenters. The zero-order chi connectivity index (χ0) is 14.8. The molecule has 0 bridgehead atoms. The number of alkyl halides is 3. The molecule has 0 saturated heterocycles. The van der Waals surface area contributed by atoms with Crippen molar-refractivity contribution >= 4 is 27.3 Å². The molecule has 7 heteroatoms. The van der Waals surface area contributed by atoms with E-state index in [9.17, 15) is 13.2 Å². The standard InChI is InChI=1S/C13H12BrF3N2S/c1-2-18-11(8-4-3-5-9(14)6-8)10-7-19-12(20-10)13(15,16)17/h3-7,11,18H,2H2,1H3. The Morgan fingerprint density at radius 3 is 2.70 bits per heavy atom. The Hall–Kier alpha value is -0.920. The van der Waals surface area contributed by atoms with E-state index in [0.717, 1.165) is 10.0 Å². The molecular weight excluding hydrogens is 353 g/mol. The Bertz CT molecular complexity index is 583. The smallest absolute Gasteiger partial charge is 0.306 e. The minimum Gasteiger partial charge on any atom is -0.306 e. The number of hydrogen-bond donors (Lipinski definition) is 1. The molecule has 20 heavy (non-hydrogen) atoms. The van der Waals surface area contributed by atoms with Crippen LogP contribution in [0, 0.1) is 0 Å². The molecule has 0 spiro atoms. The summed E-state index contributed by atoms with van der Waals surface area (Å²) in [6.45, 7) is 2.56. The van der Waals surface area contributed by atoms with E-state index in [-0.39, 0.29) is 6.04 Å². The molecular formula is C13H12BrF3N2S. The highest BCUT2D eigenvalue weighted by molar-refractivity contribution is 9.10. The van der Waals surface area contributed by atoms with Gasteiger partial charge in [-0.1, -0.05) is 35.0 Å². The van der Waals surface area contributed by atoms with Gasteiger partial charge in [0.2, 0.25) is 0 Å². The maximum absolute atomic E-state index is 12.6. The van der Waals surface area contributed by atoms with Gasteiger partial charge in [-0.05, 0) is 24.2 Å². The third kappa shape index (κ3) is 3.59. The predicted molar refractivity (Wildman–Crippen MR) is 76.8 cm³/mol. The summed E-state index contributed by atoms with van der Waals surface area (Å²) in [6, 6.07) is 7.22. The average Bonchev–Trinajstić information content (AvgIpc) is 2.85. The van der Waals surface area contributed by atoms with Gasteiger partial charge in [0, 0.05) is 15.5 Å². The van der Waals surface area contributed by atoms with Crippen LogP contribution >= 0.6 is 27.3 Å². The van der Waals surface area contributed by atoms with Crippen molar-refractivity contribution in [3.8, 4) is 0 Å². The molecule has 1 heterocycles. The summed E-state index contributed by atoms with van der Waals surface area (Å²) >= 11 is 4.05. The fourth-order valence-corrected chi connectivity index (χ4v) is 3.13. The first-order chi connectivity index (χ1) is 9.41. The first-order valence-corrected chi connectivity index (χ1v) is 7.54. The van der Waals surface area contributed by atoms with Crippen molar-refractivity contribution in [1.82, 2.24) is 10.3 Å². The third-order valence-electron chi connectivity index (χ3n) is 2.64. The molecule has 0 radical (unpaired) electrons. The van der Waals surface area contributed by atoms with Crippen LogP contribution in [0.3, 0.4) is 0 Å². The van der Waals surface area contributed by atoms with Gasteiger partial charge in [-0.25, -0.2) is 4.98 Å². The summed E-state index contributed by atoms with van der Waals surface area (Å²) in [6.07, 6.45) is -3.10. The molecule has 0 aliphatic rings. The summed E-state index contributed by atoms with van der Waals surface area (Å²) in [5.41, 5.74) is 0.901. The Balaban J connectivity index is 2.36. The van der Waals surface area contributed by atoms with Crippen molar-refractivity contribution < 1.29 is 13.2 Å². The highest BCUT2D eigenvalue weighted by Gasteiger charge is 2.35. The van der Waals surface area contributed by atoms with Gasteiger partial charge in [0.05, 0.1) is 6.04 Å². The minimum absolute atomic E-state index is 0.286. The summed E-state index contributed by atoms with van der Waals surface area (Å²) < 4.78 is 38.8. The van der Waals surface area contributed by atoms with Crippen molar-refractivity contribution in [1.29, 1.82) is 0 Å². The van der Waals surface area contributed by atoms with Gasteiger partial charge in [-0.3, -0.25) is 0 Å². The predicted octanol–water partition coefficient (Wildman–Crippen LogP) is 4.62. The van der Waals surface area contributed by atoms with Gasteiger partial charge in [0.25, 0.3) is 0 Å². The van der Waals surface area contributed by atoms with E-state index in [4.69, 9.17) is 0 Å². The Morgan fingerprint density at radius 2 is 2.15 bits per heavy atom. The molecule has 1 N–H and O–H groups in total. The number of nitrogens with zero attached hydrogens (tertiary/aromatic N) is 1. The van der Waals surface area contributed by atoms with Crippen LogP contribution < -0.4 is 5.32 Å². The van der Waals surface area contributed by atoms with Crippen LogP contribution in [0.2, 0.25) is 0 Å². The van der Waals surface area contributed by atoms with Crippen LogP contribution in [-0.2, 0) is 6.18 Å². The van der Waals surface area contributed by atoms with E-state index in [1.54, 1.807) is 0 Å². The third-order valence-corrected chi connectivity index (χ3v) is 4.24. The minimum atomic E-state index is -4.39. The molecule has 1 aromatic carbocycles. The van der Waals surface area contributed by atoms with Crippen LogP contribution in [0.1, 0.15) is 28.4 Å². The highest BCUT2D eigenvalue weighted by Crippen LogP contribution is 2.36. The molecule has 1 unspecified atom stereocenters. The monoisotopic (exact) mass is 364 g/mol. The fraction of sp³-hybridized carbons (Fsp3) is 0.308. The number of thiazole rings is 1. The van der Waals surface area contributed by atoms with Crippen LogP contribution in [0.25, 0.3) is 0 Å². The summed E-state index contributed by atoms with van der Waals surface area (Å²) in [4.78, 5) is 4.03. The maximum Gasteiger partial charge on any atom is 0.443 e. The van der Waals surface area contributed by atoms with Gasteiger partial charge < -0.3 is 5.32 Å². The number of hydrogen-bond acceptors (Lipinski definition) is 3. The SMILES string of the molecule is CCNC(c1cccc(Br)c1)c1cnc(C(F)(F)F)s1. The second kappa shape index (κ2) is 6.24. The molecule has 0 aliphatic carbocycles. The molecule has 2 nitrogen and oxygen atoms in total. The normalized spacial score (nSPS) is 13.4. The molecule has 0 amide bonds. The molecule has 1 aromatic heterocycles. The number of aromatic nitrogens is 1. The zero-order valence-electron chi connectivity index (χ0n) is 10.5. The van der Waals surface area contributed by atoms with Gasteiger partial charge >= 0.3 is 6.18 Å². The average molecular weight is 365 g/mol. The number of benzene rings is 1. The van der Waals surface area contributed by atoms with Gasteiger partial charge in [-0.15, -0.1) is 11.3 Å². The Labute approximate surface area is 127 Å². The van der Waals surface area contributed by atoms with E-state index in [0.29, 0.717) is 22.8 Å². The van der Waals surface area contributed by atoms with Gasteiger partial charge in [0.15, 0.2) is 5.01 Å². The maximum atomic E-state index is 12.6. The number of halogens is 4. The van der Waals surface area contributed by atoms with Crippen LogP contribution in [0.4, 0.5) is 13.2 Å². The quantitative estimate of drug-likeness (QED) is 0.855. The fourth-order valence-electron chi connectivity index (χ4n) is 1.82. The lowest BCUT2D eigenvalue weighted by molar-refractivity contribution is -0.137. The highest BCUT2D eigenvalue weighted by atomic mass is 79.9. The molecule has 2 rings (SSSR count). The summed E-state index contributed by atoms with van der Waals surface area (Å²) in [7, 11) is 0. The van der Waals surface area contributed by atoms with Crippen molar-refractivity contribution in [2.24, 2.45) is 0 Å². The molecule has 0 fully saturated rings. The van der Waals surface area contributed by atoms with E-state index in [2.05, 4.69) is 26.2 Å². The van der Waals surface area contributed by atoms with Gasteiger partial charge in [0.1, 0.15) is 0 Å². The topological polar surface area (TPSA) is 24.9 Å². The van der Waals surface area contributed by atoms with Crippen LogP contribution in [0.5, 0.6) is 0 Å². The second-order valence-corrected chi connectivity index (χ2v) is 6.09. The van der Waals surface area contributed by atoms with E-state index < -0.39 is 11.2 Å². The van der Waals surface area contributed by atoms with Gasteiger partial charge in [-0.2, -0.15) is 13.2 Å². The van der Waals surface area contributed by atoms with Crippen molar-refractivity contribution in [3.05, 3.63) is 50.4 Å². The lowest BCUT2D eigenvalue weighted by atomic mass is 10.1. The van der Waals surface area contributed by atoms with Crippen molar-refractivity contribution in [2.75, 3.05) is 6.54 Å². The first kappa shape index (κ1) is 15.5. The molecule has 108 valence electrons. The van der Waals surface area contributed by atoms with E-state index in [1.807, 2.05) is 31.2 Å². The Kier molecular flexibility index (Phi) is 4.82. The summed E-state index contributed by atoms with van der Waals surface area (Å²) in [5.74, 6) is 0. The van der Waals surface area contributed by atoms with Crippen molar-refractivity contribution in [2.45, 2.75) is 19.1 Å². The number of nitrogens with one attached hydrogen (secondary N) is 1. The second-order valence-electron chi connectivity index (χ2n) is 4.11. The lowest BCUT2D eigenvalue weighted by Crippen LogP contribution is -2.21. The van der Waals surface area contributed by atoms with E-state index in [1.165, 1.54) is 6.20 Å². The largest absolute Gasteiger partial charge is 0.443 e. The number of rotatable bonds is 4. The van der Waals surface area contributed by atoms with Crippen LogP contribution in [-0.4, -0.2) is 11.5 Å². The Morgan fingerprint density at radius 1 is 1.40 bits per heavy atom. The zero-order valence-corrected chi connectivity index (χ0v) is 12.9. The molecule has 2 aromatic rings. The van der Waals surface area contributed by atoms with E-state index >= 15 is 0 Å². The van der Waals surface area contributed by atoms with Crippen molar-refractivity contribution in [3.63, 3.8) is 0 Å². The molecule has 0 aliphatic heterocycles.